The summed E-state index contributed by atoms with van der Waals surface area (Å²) in [6.07, 6.45) is 0.837. The number of hydrogen-bond acceptors (Lipinski definition) is 5. The number of hydrogen-bond donors (Lipinski definition) is 1. The molecule has 3 rings (SSSR count). The fourth-order valence-electron chi connectivity index (χ4n) is 3.18. The van der Waals surface area contributed by atoms with Crippen molar-refractivity contribution >= 4 is 5.91 Å². The van der Waals surface area contributed by atoms with Crippen molar-refractivity contribution in [1.82, 2.24) is 15.1 Å². The second kappa shape index (κ2) is 10.4. The summed E-state index contributed by atoms with van der Waals surface area (Å²) in [5.41, 5.74) is 3.55. The van der Waals surface area contributed by atoms with Crippen molar-refractivity contribution in [3.8, 4) is 22.8 Å². The first-order valence-electron chi connectivity index (χ1n) is 10.1. The summed E-state index contributed by atoms with van der Waals surface area (Å²) in [6, 6.07) is 16.7. The Kier molecular flexibility index (Phi) is 7.43. The summed E-state index contributed by atoms with van der Waals surface area (Å²) < 4.78 is 11.9. The van der Waals surface area contributed by atoms with Crippen LogP contribution in [0.3, 0.4) is 0 Å². The first kappa shape index (κ1) is 22.1. The number of amides is 1. The number of carbonyl (C=O) groups is 1. The van der Waals surface area contributed by atoms with E-state index in [0.717, 1.165) is 16.8 Å². The lowest BCUT2D eigenvalue weighted by Crippen LogP contribution is -2.29. The molecular weight excluding hydrogens is 394 g/mol. The van der Waals surface area contributed by atoms with Crippen LogP contribution in [0.2, 0.25) is 0 Å². The average Bonchev–Trinajstić information content (AvgIpc) is 2.78. The van der Waals surface area contributed by atoms with Crippen LogP contribution in [0.5, 0.6) is 11.5 Å². The van der Waals surface area contributed by atoms with Gasteiger partial charge in [0.15, 0.2) is 11.5 Å². The van der Waals surface area contributed by atoms with Crippen LogP contribution >= 0.6 is 0 Å². The van der Waals surface area contributed by atoms with Crippen LogP contribution < -0.4 is 20.3 Å². The van der Waals surface area contributed by atoms with E-state index in [4.69, 9.17) is 9.47 Å². The Morgan fingerprint density at radius 1 is 1.00 bits per heavy atom. The van der Waals surface area contributed by atoms with Gasteiger partial charge in [-0.3, -0.25) is 9.59 Å². The molecule has 0 atom stereocenters. The van der Waals surface area contributed by atoms with Crippen molar-refractivity contribution in [1.29, 1.82) is 0 Å². The summed E-state index contributed by atoms with van der Waals surface area (Å²) in [7, 11) is 3.13. The van der Waals surface area contributed by atoms with E-state index in [9.17, 15) is 9.59 Å². The van der Waals surface area contributed by atoms with Gasteiger partial charge in [-0.25, -0.2) is 4.68 Å². The normalized spacial score (nSPS) is 10.5. The molecule has 1 aromatic heterocycles. The van der Waals surface area contributed by atoms with Gasteiger partial charge in [0, 0.05) is 24.7 Å². The Hall–Kier alpha value is -3.61. The average molecular weight is 421 g/mol. The highest BCUT2D eigenvalue weighted by atomic mass is 16.5. The first-order valence-corrected chi connectivity index (χ1v) is 10.1. The van der Waals surface area contributed by atoms with Gasteiger partial charge in [-0.1, -0.05) is 35.9 Å². The number of benzene rings is 2. The molecule has 7 heteroatoms. The molecule has 162 valence electrons. The number of nitrogens with one attached hydrogen (secondary N) is 1. The Morgan fingerprint density at radius 3 is 2.45 bits per heavy atom. The molecule has 0 spiro atoms. The van der Waals surface area contributed by atoms with Crippen molar-refractivity contribution in [2.24, 2.45) is 0 Å². The van der Waals surface area contributed by atoms with Crippen molar-refractivity contribution in [2.45, 2.75) is 26.3 Å². The van der Waals surface area contributed by atoms with E-state index in [1.165, 1.54) is 16.3 Å². The van der Waals surface area contributed by atoms with Crippen LogP contribution in [-0.2, 0) is 17.8 Å². The van der Waals surface area contributed by atoms with Gasteiger partial charge in [-0.05, 0) is 37.1 Å². The highest BCUT2D eigenvalue weighted by molar-refractivity contribution is 5.78. The molecule has 0 fully saturated rings. The minimum Gasteiger partial charge on any atom is -0.493 e. The number of aryl methyl sites for hydroxylation is 2. The van der Waals surface area contributed by atoms with Crippen LogP contribution in [0, 0.1) is 6.92 Å². The van der Waals surface area contributed by atoms with Crippen molar-refractivity contribution in [3.05, 3.63) is 76.1 Å². The standard InChI is InChI=1S/C24H27N3O4/c1-17-5-8-19(9-6-17)20-10-12-24(29)27(26-20)14-4-13-25-23(28)16-18-7-11-21(30-2)22(15-18)31-3/h5-12,15H,4,13-14,16H2,1-3H3,(H,25,28). The molecular formula is C24H27N3O4. The third-order valence-electron chi connectivity index (χ3n) is 4.90. The number of nitrogens with zero attached hydrogens (tertiary/aromatic N) is 2. The molecule has 1 heterocycles. The Labute approximate surface area is 181 Å². The van der Waals surface area contributed by atoms with Crippen LogP contribution in [-0.4, -0.2) is 36.5 Å². The number of carbonyl (C=O) groups excluding carboxylic acids is 1. The van der Waals surface area contributed by atoms with E-state index in [1.807, 2.05) is 37.3 Å². The van der Waals surface area contributed by atoms with E-state index >= 15 is 0 Å². The topological polar surface area (TPSA) is 82.5 Å². The molecule has 2 aromatic carbocycles. The fourth-order valence-corrected chi connectivity index (χ4v) is 3.18. The van der Waals surface area contributed by atoms with Gasteiger partial charge >= 0.3 is 0 Å². The van der Waals surface area contributed by atoms with Crippen molar-refractivity contribution in [2.75, 3.05) is 20.8 Å². The first-order chi connectivity index (χ1) is 15.0. The van der Waals surface area contributed by atoms with Crippen LogP contribution in [0.15, 0.2) is 59.4 Å². The lowest BCUT2D eigenvalue weighted by molar-refractivity contribution is -0.120. The molecule has 0 bridgehead atoms. The maximum Gasteiger partial charge on any atom is 0.266 e. The fraction of sp³-hybridized carbons (Fsp3) is 0.292. The second-order valence-electron chi connectivity index (χ2n) is 7.22. The van der Waals surface area contributed by atoms with Gasteiger partial charge < -0.3 is 14.8 Å². The zero-order valence-corrected chi connectivity index (χ0v) is 18.1. The molecule has 0 saturated carbocycles. The number of ether oxygens (including phenoxy) is 2. The highest BCUT2D eigenvalue weighted by Crippen LogP contribution is 2.27. The molecule has 1 amide bonds. The molecule has 0 unspecified atom stereocenters. The Morgan fingerprint density at radius 2 is 1.74 bits per heavy atom. The zero-order valence-electron chi connectivity index (χ0n) is 18.1. The van der Waals surface area contributed by atoms with Crippen molar-refractivity contribution in [3.63, 3.8) is 0 Å². The maximum absolute atomic E-state index is 12.2. The van der Waals surface area contributed by atoms with E-state index < -0.39 is 0 Å². The third kappa shape index (κ3) is 5.94. The van der Waals surface area contributed by atoms with Gasteiger partial charge in [0.2, 0.25) is 5.91 Å². The minimum atomic E-state index is -0.160. The van der Waals surface area contributed by atoms with Gasteiger partial charge in [0.1, 0.15) is 0 Å². The largest absolute Gasteiger partial charge is 0.493 e. The van der Waals surface area contributed by atoms with Gasteiger partial charge in [-0.2, -0.15) is 5.10 Å². The van der Waals surface area contributed by atoms with Gasteiger partial charge in [0.05, 0.1) is 26.3 Å². The molecule has 7 nitrogen and oxygen atoms in total. The second-order valence-corrected chi connectivity index (χ2v) is 7.22. The molecule has 0 radical (unpaired) electrons. The summed E-state index contributed by atoms with van der Waals surface area (Å²) in [5, 5.41) is 7.34. The predicted octanol–water partition coefficient (Wildman–Crippen LogP) is 2.98. The van der Waals surface area contributed by atoms with E-state index in [2.05, 4.69) is 10.4 Å². The third-order valence-corrected chi connectivity index (χ3v) is 4.90. The molecule has 0 aliphatic rings. The summed E-state index contributed by atoms with van der Waals surface area (Å²) >= 11 is 0. The lowest BCUT2D eigenvalue weighted by atomic mass is 10.1. The molecule has 0 aliphatic carbocycles. The Bertz CT molecular complexity index is 1090. The van der Waals surface area contributed by atoms with E-state index in [1.54, 1.807) is 32.4 Å². The van der Waals surface area contributed by atoms with Crippen LogP contribution in [0.1, 0.15) is 17.5 Å². The number of rotatable bonds is 9. The van der Waals surface area contributed by atoms with E-state index in [-0.39, 0.29) is 17.9 Å². The summed E-state index contributed by atoms with van der Waals surface area (Å²) in [4.78, 5) is 24.4. The SMILES string of the molecule is COc1ccc(CC(=O)NCCCn2nc(-c3ccc(C)cc3)ccc2=O)cc1OC. The maximum atomic E-state index is 12.2. The summed E-state index contributed by atoms with van der Waals surface area (Å²) in [5.74, 6) is 1.12. The lowest BCUT2D eigenvalue weighted by Gasteiger charge is -2.10. The highest BCUT2D eigenvalue weighted by Gasteiger charge is 2.09. The number of aromatic nitrogens is 2. The molecule has 0 aliphatic heterocycles. The smallest absolute Gasteiger partial charge is 0.266 e. The molecule has 31 heavy (non-hydrogen) atoms. The minimum absolute atomic E-state index is 0.0964. The molecule has 1 N–H and O–H groups in total. The van der Waals surface area contributed by atoms with Gasteiger partial charge in [0.25, 0.3) is 5.56 Å². The molecule has 3 aromatic rings. The quantitative estimate of drug-likeness (QED) is 0.537. The zero-order chi connectivity index (χ0) is 22.2. The van der Waals surface area contributed by atoms with E-state index in [0.29, 0.717) is 31.0 Å². The summed E-state index contributed by atoms with van der Waals surface area (Å²) in [6.45, 7) is 2.90. The van der Waals surface area contributed by atoms with Crippen molar-refractivity contribution < 1.29 is 14.3 Å². The van der Waals surface area contributed by atoms with Gasteiger partial charge in [-0.15, -0.1) is 0 Å². The van der Waals surface area contributed by atoms with Crippen LogP contribution in [0.4, 0.5) is 0 Å². The Balaban J connectivity index is 1.52. The monoisotopic (exact) mass is 421 g/mol. The molecule has 0 saturated heterocycles. The predicted molar refractivity (Wildman–Crippen MR) is 120 cm³/mol. The number of methoxy groups -OCH3 is 2. The van der Waals surface area contributed by atoms with Crippen LogP contribution in [0.25, 0.3) is 11.3 Å².